The summed E-state index contributed by atoms with van der Waals surface area (Å²) in [7, 11) is 0. The summed E-state index contributed by atoms with van der Waals surface area (Å²) in [6.45, 7) is 9.19. The number of aliphatic carboxylic acids is 1. The molecule has 2 N–H and O–H groups in total. The van der Waals surface area contributed by atoms with Crippen LogP contribution in [0.25, 0.3) is 5.65 Å². The number of hydrogen-bond donors (Lipinski definition) is 2. The fourth-order valence-electron chi connectivity index (χ4n) is 5.17. The SMILES string of the molecule is Cc1cc2nc(C(C)(C)C(=O)O)cn2nc1NCCCN1CCC(OC(c2ccccc2)c2ccccc2)CC1.Cl.Cl. The number of aromatic nitrogens is 3. The van der Waals surface area contributed by atoms with Crippen molar-refractivity contribution in [2.45, 2.75) is 57.7 Å². The second-order valence-corrected chi connectivity index (χ2v) is 11.2. The molecule has 0 aliphatic carbocycles. The predicted octanol–water partition coefficient (Wildman–Crippen LogP) is 6.32. The van der Waals surface area contributed by atoms with Gasteiger partial charge in [-0.1, -0.05) is 60.7 Å². The summed E-state index contributed by atoms with van der Waals surface area (Å²) in [5.74, 6) is -0.113. The molecule has 0 spiro atoms. The molecule has 5 rings (SSSR count). The molecule has 1 fully saturated rings. The molecule has 0 bridgehead atoms. The van der Waals surface area contributed by atoms with Crippen molar-refractivity contribution in [3.8, 4) is 0 Å². The van der Waals surface area contributed by atoms with Gasteiger partial charge in [0.2, 0.25) is 0 Å². The van der Waals surface area contributed by atoms with Crippen LogP contribution in [0.3, 0.4) is 0 Å². The van der Waals surface area contributed by atoms with Crippen LogP contribution in [0.1, 0.15) is 61.6 Å². The molecule has 0 saturated carbocycles. The van der Waals surface area contributed by atoms with Crippen LogP contribution in [0.2, 0.25) is 0 Å². The summed E-state index contributed by atoms with van der Waals surface area (Å²) in [6.07, 6.45) is 4.96. The van der Waals surface area contributed by atoms with Gasteiger partial charge in [-0.15, -0.1) is 29.9 Å². The van der Waals surface area contributed by atoms with Crippen molar-refractivity contribution in [3.63, 3.8) is 0 Å². The maximum atomic E-state index is 11.6. The van der Waals surface area contributed by atoms with E-state index in [1.807, 2.05) is 25.1 Å². The number of nitrogens with zero attached hydrogens (tertiary/aromatic N) is 4. The van der Waals surface area contributed by atoms with E-state index in [1.54, 1.807) is 24.6 Å². The molecule has 2 aromatic carbocycles. The number of fused-ring (bicyclic) bond motifs is 1. The number of ether oxygens (including phenoxy) is 1. The van der Waals surface area contributed by atoms with Crippen LogP contribution in [-0.4, -0.2) is 62.9 Å². The zero-order valence-electron chi connectivity index (χ0n) is 24.4. The average Bonchev–Trinajstić information content (AvgIpc) is 3.39. The molecule has 42 heavy (non-hydrogen) atoms. The van der Waals surface area contributed by atoms with Crippen molar-refractivity contribution >= 4 is 42.2 Å². The largest absolute Gasteiger partial charge is 0.481 e. The molecule has 10 heteroatoms. The number of benzene rings is 2. The van der Waals surface area contributed by atoms with Gasteiger partial charge in [0.1, 0.15) is 17.3 Å². The first-order valence-corrected chi connectivity index (χ1v) is 14.1. The number of aryl methyl sites for hydroxylation is 1. The Morgan fingerprint density at radius 1 is 1.05 bits per heavy atom. The molecule has 8 nitrogen and oxygen atoms in total. The Labute approximate surface area is 260 Å². The molecule has 3 heterocycles. The summed E-state index contributed by atoms with van der Waals surface area (Å²) >= 11 is 0. The van der Waals surface area contributed by atoms with Gasteiger partial charge in [0.05, 0.1) is 18.0 Å². The number of carboxylic acids is 1. The molecule has 2 aromatic heterocycles. The van der Waals surface area contributed by atoms with Gasteiger partial charge in [-0.2, -0.15) is 0 Å². The third-order valence-corrected chi connectivity index (χ3v) is 7.83. The lowest BCUT2D eigenvalue weighted by atomic mass is 9.90. The lowest BCUT2D eigenvalue weighted by Crippen LogP contribution is -2.38. The standard InChI is InChI=1S/C32H39N5O3.2ClH/c1-23-21-28-34-27(32(2,3)31(38)39)22-37(28)35-30(23)33-17-10-18-36-19-15-26(16-20-36)40-29(24-11-6-4-7-12-24)25-13-8-5-9-14-25;;/h4-9,11-14,21-22,26,29H,10,15-20H2,1-3H3,(H,33,35)(H,38,39);2*1H. The Morgan fingerprint density at radius 3 is 2.21 bits per heavy atom. The van der Waals surface area contributed by atoms with Crippen LogP contribution in [0.15, 0.2) is 72.9 Å². The van der Waals surface area contributed by atoms with Crippen molar-refractivity contribution in [2.24, 2.45) is 0 Å². The van der Waals surface area contributed by atoms with Crippen LogP contribution in [0.4, 0.5) is 5.82 Å². The summed E-state index contributed by atoms with van der Waals surface area (Å²) in [4.78, 5) is 18.6. The molecule has 1 aliphatic rings. The number of hydrogen-bond acceptors (Lipinski definition) is 6. The fourth-order valence-corrected chi connectivity index (χ4v) is 5.17. The van der Waals surface area contributed by atoms with Crippen LogP contribution >= 0.6 is 24.8 Å². The maximum absolute atomic E-state index is 11.6. The van der Waals surface area contributed by atoms with E-state index in [0.717, 1.165) is 56.8 Å². The first kappa shape index (κ1) is 33.3. The summed E-state index contributed by atoms with van der Waals surface area (Å²) < 4.78 is 8.36. The number of piperidine rings is 1. The topological polar surface area (TPSA) is 92.0 Å². The van der Waals surface area contributed by atoms with Gasteiger partial charge in [0, 0.05) is 19.6 Å². The van der Waals surface area contributed by atoms with Gasteiger partial charge < -0.3 is 20.1 Å². The zero-order chi connectivity index (χ0) is 28.1. The highest BCUT2D eigenvalue weighted by molar-refractivity contribution is 5.85. The number of halogens is 2. The first-order chi connectivity index (χ1) is 19.3. The maximum Gasteiger partial charge on any atom is 0.315 e. The minimum absolute atomic E-state index is 0. The minimum Gasteiger partial charge on any atom is -0.481 e. The lowest BCUT2D eigenvalue weighted by Gasteiger charge is -2.34. The normalized spacial score (nSPS) is 14.4. The summed E-state index contributed by atoms with van der Waals surface area (Å²) in [5, 5.41) is 17.7. The minimum atomic E-state index is -1.07. The van der Waals surface area contributed by atoms with Gasteiger partial charge in [0.25, 0.3) is 0 Å². The van der Waals surface area contributed by atoms with Crippen LogP contribution in [0, 0.1) is 6.92 Å². The van der Waals surface area contributed by atoms with Gasteiger partial charge in [-0.25, -0.2) is 9.50 Å². The van der Waals surface area contributed by atoms with Gasteiger partial charge in [0.15, 0.2) is 5.65 Å². The number of anilines is 1. The highest BCUT2D eigenvalue weighted by Gasteiger charge is 2.32. The molecular weight excluding hydrogens is 573 g/mol. The molecule has 1 saturated heterocycles. The van der Waals surface area contributed by atoms with Crippen LogP contribution < -0.4 is 5.32 Å². The Kier molecular flexibility index (Phi) is 11.8. The second kappa shape index (κ2) is 14.8. The van der Waals surface area contributed by atoms with Crippen molar-refractivity contribution in [1.29, 1.82) is 0 Å². The zero-order valence-corrected chi connectivity index (χ0v) is 26.0. The fraction of sp³-hybridized carbons (Fsp3) is 0.406. The van der Waals surface area contributed by atoms with E-state index >= 15 is 0 Å². The van der Waals surface area contributed by atoms with Crippen molar-refractivity contribution in [1.82, 2.24) is 19.5 Å². The number of carboxylic acid groups (broad SMARTS) is 1. The number of likely N-dealkylation sites (tertiary alicyclic amines) is 1. The highest BCUT2D eigenvalue weighted by atomic mass is 35.5. The van der Waals surface area contributed by atoms with Crippen molar-refractivity contribution < 1.29 is 14.6 Å². The van der Waals surface area contributed by atoms with E-state index in [1.165, 1.54) is 11.1 Å². The Balaban J connectivity index is 0.00000242. The molecule has 0 unspecified atom stereocenters. The van der Waals surface area contributed by atoms with Gasteiger partial charge in [-0.05, 0) is 69.3 Å². The smallest absolute Gasteiger partial charge is 0.315 e. The molecule has 0 radical (unpaired) electrons. The summed E-state index contributed by atoms with van der Waals surface area (Å²) in [6, 6.07) is 22.9. The van der Waals surface area contributed by atoms with E-state index in [0.29, 0.717) is 11.3 Å². The van der Waals surface area contributed by atoms with Gasteiger partial charge >= 0.3 is 5.97 Å². The first-order valence-electron chi connectivity index (χ1n) is 14.1. The number of rotatable bonds is 11. The van der Waals surface area contributed by atoms with E-state index in [-0.39, 0.29) is 37.0 Å². The summed E-state index contributed by atoms with van der Waals surface area (Å²) in [5.41, 5.74) is 3.46. The second-order valence-electron chi connectivity index (χ2n) is 11.2. The Hall–Kier alpha value is -3.17. The van der Waals surface area contributed by atoms with Crippen molar-refractivity contribution in [3.05, 3.63) is 95.3 Å². The third-order valence-electron chi connectivity index (χ3n) is 7.83. The average molecular weight is 615 g/mol. The predicted molar refractivity (Wildman–Crippen MR) is 171 cm³/mol. The van der Waals surface area contributed by atoms with Gasteiger partial charge in [-0.3, -0.25) is 4.79 Å². The molecule has 1 aliphatic heterocycles. The number of nitrogens with one attached hydrogen (secondary N) is 1. The Morgan fingerprint density at radius 2 is 1.64 bits per heavy atom. The molecular formula is C32H41Cl2N5O3. The number of imidazole rings is 1. The quantitative estimate of drug-likeness (QED) is 0.191. The number of carbonyl (C=O) groups is 1. The lowest BCUT2D eigenvalue weighted by molar-refractivity contribution is -0.142. The van der Waals surface area contributed by atoms with Crippen molar-refractivity contribution in [2.75, 3.05) is 31.5 Å². The molecule has 226 valence electrons. The highest BCUT2D eigenvalue weighted by Crippen LogP contribution is 2.30. The Bertz CT molecular complexity index is 1380. The molecule has 0 atom stereocenters. The third kappa shape index (κ3) is 7.81. The van der Waals surface area contributed by atoms with E-state index < -0.39 is 11.4 Å². The van der Waals surface area contributed by atoms with E-state index in [9.17, 15) is 9.90 Å². The monoisotopic (exact) mass is 613 g/mol. The molecule has 0 amide bonds. The van der Waals surface area contributed by atoms with Crippen LogP contribution in [-0.2, 0) is 14.9 Å². The van der Waals surface area contributed by atoms with E-state index in [2.05, 4.69) is 68.8 Å². The van der Waals surface area contributed by atoms with Crippen LogP contribution in [0.5, 0.6) is 0 Å². The van der Waals surface area contributed by atoms with E-state index in [4.69, 9.17) is 4.74 Å². The molecule has 4 aromatic rings.